The highest BCUT2D eigenvalue weighted by atomic mass is 35.5. The summed E-state index contributed by atoms with van der Waals surface area (Å²) < 4.78 is 5.69. The van der Waals surface area contributed by atoms with Gasteiger partial charge in [0.1, 0.15) is 12.4 Å². The lowest BCUT2D eigenvalue weighted by atomic mass is 10.1. The molecule has 1 heterocycles. The summed E-state index contributed by atoms with van der Waals surface area (Å²) in [5.41, 5.74) is 1.63. The SMILES string of the molecule is CC(O)c1ccccc1OCc1ccncc1Cl. The van der Waals surface area contributed by atoms with Crippen molar-refractivity contribution in [3.05, 3.63) is 58.9 Å². The number of para-hydroxylation sites is 1. The number of pyridine rings is 1. The van der Waals surface area contributed by atoms with Gasteiger partial charge in [-0.1, -0.05) is 29.8 Å². The van der Waals surface area contributed by atoms with Gasteiger partial charge in [0.05, 0.1) is 11.1 Å². The predicted octanol–water partition coefficient (Wildman–Crippen LogP) is 3.37. The molecule has 0 radical (unpaired) electrons. The van der Waals surface area contributed by atoms with E-state index in [9.17, 15) is 5.11 Å². The smallest absolute Gasteiger partial charge is 0.125 e. The van der Waals surface area contributed by atoms with Gasteiger partial charge in [0.15, 0.2) is 0 Å². The third-order valence-electron chi connectivity index (χ3n) is 2.61. The fraction of sp³-hybridized carbons (Fsp3) is 0.214. The van der Waals surface area contributed by atoms with Gasteiger partial charge in [0.2, 0.25) is 0 Å². The monoisotopic (exact) mass is 263 g/mol. The van der Waals surface area contributed by atoms with Gasteiger partial charge >= 0.3 is 0 Å². The number of hydrogen-bond donors (Lipinski definition) is 1. The second-order valence-corrected chi connectivity index (χ2v) is 4.38. The first-order chi connectivity index (χ1) is 8.68. The Morgan fingerprint density at radius 2 is 2.11 bits per heavy atom. The standard InChI is InChI=1S/C14H14ClNO2/c1-10(17)12-4-2-3-5-14(12)18-9-11-6-7-16-8-13(11)15/h2-8,10,17H,9H2,1H3. The largest absolute Gasteiger partial charge is 0.488 e. The van der Waals surface area contributed by atoms with Crippen LogP contribution in [0.3, 0.4) is 0 Å². The number of aliphatic hydroxyl groups excluding tert-OH is 1. The first-order valence-corrected chi connectivity index (χ1v) is 6.04. The van der Waals surface area contributed by atoms with Crippen LogP contribution >= 0.6 is 11.6 Å². The number of aromatic nitrogens is 1. The average molecular weight is 264 g/mol. The van der Waals surface area contributed by atoms with E-state index >= 15 is 0 Å². The van der Waals surface area contributed by atoms with Gasteiger partial charge in [0, 0.05) is 23.5 Å². The van der Waals surface area contributed by atoms with Crippen LogP contribution in [0.2, 0.25) is 5.02 Å². The lowest BCUT2D eigenvalue weighted by Gasteiger charge is -2.13. The number of hydrogen-bond acceptors (Lipinski definition) is 3. The van der Waals surface area contributed by atoms with Crippen molar-refractivity contribution in [2.24, 2.45) is 0 Å². The van der Waals surface area contributed by atoms with E-state index in [-0.39, 0.29) is 0 Å². The molecule has 0 aliphatic carbocycles. The van der Waals surface area contributed by atoms with Gasteiger partial charge < -0.3 is 9.84 Å². The molecule has 2 rings (SSSR count). The molecule has 1 aromatic heterocycles. The Labute approximate surface area is 111 Å². The van der Waals surface area contributed by atoms with E-state index in [1.54, 1.807) is 19.3 Å². The molecule has 0 amide bonds. The summed E-state index contributed by atoms with van der Waals surface area (Å²) in [7, 11) is 0. The van der Waals surface area contributed by atoms with Crippen LogP contribution in [-0.4, -0.2) is 10.1 Å². The second kappa shape index (κ2) is 5.85. The quantitative estimate of drug-likeness (QED) is 0.920. The van der Waals surface area contributed by atoms with Crippen LogP contribution in [0.4, 0.5) is 0 Å². The van der Waals surface area contributed by atoms with Crippen molar-refractivity contribution in [3.8, 4) is 5.75 Å². The third kappa shape index (κ3) is 3.00. The molecule has 0 saturated carbocycles. The molecule has 94 valence electrons. The van der Waals surface area contributed by atoms with Crippen molar-refractivity contribution in [1.82, 2.24) is 4.98 Å². The van der Waals surface area contributed by atoms with Crippen LogP contribution in [0.25, 0.3) is 0 Å². The van der Waals surface area contributed by atoms with Crippen molar-refractivity contribution >= 4 is 11.6 Å². The Hall–Kier alpha value is -1.58. The number of aliphatic hydroxyl groups is 1. The number of benzene rings is 1. The Morgan fingerprint density at radius 1 is 1.33 bits per heavy atom. The minimum atomic E-state index is -0.561. The van der Waals surface area contributed by atoms with E-state index in [0.29, 0.717) is 17.4 Å². The van der Waals surface area contributed by atoms with Crippen LogP contribution in [0.1, 0.15) is 24.2 Å². The number of nitrogens with zero attached hydrogens (tertiary/aromatic N) is 1. The fourth-order valence-electron chi connectivity index (χ4n) is 1.63. The van der Waals surface area contributed by atoms with Gasteiger partial charge in [0.25, 0.3) is 0 Å². The predicted molar refractivity (Wildman–Crippen MR) is 70.7 cm³/mol. The van der Waals surface area contributed by atoms with Crippen LogP contribution in [0.5, 0.6) is 5.75 Å². The number of rotatable bonds is 4. The van der Waals surface area contributed by atoms with Crippen LogP contribution < -0.4 is 4.74 Å². The summed E-state index contributed by atoms with van der Waals surface area (Å²) in [5.74, 6) is 0.667. The molecular weight excluding hydrogens is 250 g/mol. The van der Waals surface area contributed by atoms with Crippen molar-refractivity contribution < 1.29 is 9.84 Å². The molecule has 0 saturated heterocycles. The molecule has 0 bridgehead atoms. The van der Waals surface area contributed by atoms with Gasteiger partial charge in [-0.2, -0.15) is 0 Å². The van der Waals surface area contributed by atoms with E-state index in [4.69, 9.17) is 16.3 Å². The second-order valence-electron chi connectivity index (χ2n) is 3.97. The average Bonchev–Trinajstić information content (AvgIpc) is 2.38. The van der Waals surface area contributed by atoms with E-state index < -0.39 is 6.10 Å². The molecule has 0 fully saturated rings. The maximum absolute atomic E-state index is 9.64. The summed E-state index contributed by atoms with van der Waals surface area (Å²) in [4.78, 5) is 3.92. The molecule has 4 heteroatoms. The Kier molecular flexibility index (Phi) is 4.18. The minimum absolute atomic E-state index is 0.352. The molecule has 1 aromatic carbocycles. The topological polar surface area (TPSA) is 42.4 Å². The molecule has 1 unspecified atom stereocenters. The number of halogens is 1. The Balaban J connectivity index is 2.14. The zero-order valence-electron chi connectivity index (χ0n) is 10.0. The van der Waals surface area contributed by atoms with Crippen molar-refractivity contribution in [1.29, 1.82) is 0 Å². The van der Waals surface area contributed by atoms with E-state index in [2.05, 4.69) is 4.98 Å². The van der Waals surface area contributed by atoms with E-state index in [1.807, 2.05) is 30.3 Å². The molecule has 0 spiro atoms. The summed E-state index contributed by atoms with van der Waals surface area (Å²) in [6.07, 6.45) is 2.69. The van der Waals surface area contributed by atoms with Gasteiger partial charge in [-0.05, 0) is 19.1 Å². The molecule has 1 atom stereocenters. The molecule has 0 aliphatic heterocycles. The molecule has 18 heavy (non-hydrogen) atoms. The molecule has 0 aliphatic rings. The van der Waals surface area contributed by atoms with Crippen molar-refractivity contribution in [2.75, 3.05) is 0 Å². The molecule has 2 aromatic rings. The lowest BCUT2D eigenvalue weighted by Crippen LogP contribution is -2.01. The zero-order valence-corrected chi connectivity index (χ0v) is 10.8. The van der Waals surface area contributed by atoms with Gasteiger partial charge in [-0.25, -0.2) is 0 Å². The first kappa shape index (κ1) is 12.9. The highest BCUT2D eigenvalue weighted by molar-refractivity contribution is 6.31. The highest BCUT2D eigenvalue weighted by Crippen LogP contribution is 2.26. The van der Waals surface area contributed by atoms with Crippen LogP contribution in [0.15, 0.2) is 42.7 Å². The third-order valence-corrected chi connectivity index (χ3v) is 2.95. The number of ether oxygens (including phenoxy) is 1. The van der Waals surface area contributed by atoms with Gasteiger partial charge in [-0.3, -0.25) is 4.98 Å². The summed E-state index contributed by atoms with van der Waals surface area (Å²) in [6, 6.07) is 9.22. The van der Waals surface area contributed by atoms with Crippen LogP contribution in [0, 0.1) is 0 Å². The molecule has 1 N–H and O–H groups in total. The Morgan fingerprint density at radius 3 is 2.83 bits per heavy atom. The highest BCUT2D eigenvalue weighted by Gasteiger charge is 2.09. The summed E-state index contributed by atoms with van der Waals surface area (Å²) in [5, 5.41) is 10.2. The summed E-state index contributed by atoms with van der Waals surface area (Å²) >= 11 is 6.00. The van der Waals surface area contributed by atoms with Crippen LogP contribution in [-0.2, 0) is 6.61 Å². The maximum atomic E-state index is 9.64. The maximum Gasteiger partial charge on any atom is 0.125 e. The van der Waals surface area contributed by atoms with E-state index in [1.165, 1.54) is 0 Å². The normalized spacial score (nSPS) is 12.2. The zero-order chi connectivity index (χ0) is 13.0. The minimum Gasteiger partial charge on any atom is -0.488 e. The van der Waals surface area contributed by atoms with Crippen molar-refractivity contribution in [3.63, 3.8) is 0 Å². The van der Waals surface area contributed by atoms with E-state index in [0.717, 1.165) is 11.1 Å². The fourth-order valence-corrected chi connectivity index (χ4v) is 1.81. The van der Waals surface area contributed by atoms with Crippen molar-refractivity contribution in [2.45, 2.75) is 19.6 Å². The Bertz CT molecular complexity index is 529. The van der Waals surface area contributed by atoms with Gasteiger partial charge in [-0.15, -0.1) is 0 Å². The molecular formula is C14H14ClNO2. The molecule has 3 nitrogen and oxygen atoms in total. The summed E-state index contributed by atoms with van der Waals surface area (Å²) in [6.45, 7) is 2.06. The lowest BCUT2D eigenvalue weighted by molar-refractivity contribution is 0.190. The first-order valence-electron chi connectivity index (χ1n) is 5.66.